The molecule has 1 fully saturated rings. The van der Waals surface area contributed by atoms with Crippen LogP contribution in [-0.2, 0) is 0 Å². The van der Waals surface area contributed by atoms with Gasteiger partial charge in [0.1, 0.15) is 0 Å². The summed E-state index contributed by atoms with van der Waals surface area (Å²) in [6.07, 6.45) is 8.63. The lowest BCUT2D eigenvalue weighted by atomic mass is 9.77. The Hall–Kier alpha value is -0.0800. The normalized spacial score (nSPS) is 29.8. The molecule has 3 atom stereocenters. The first-order valence-electron chi connectivity index (χ1n) is 7.53. The molecule has 0 spiro atoms. The molecule has 2 heteroatoms. The molecule has 1 rings (SSSR count). The van der Waals surface area contributed by atoms with Crippen LogP contribution < -0.4 is 0 Å². The summed E-state index contributed by atoms with van der Waals surface area (Å²) in [6.45, 7) is 6.77. The summed E-state index contributed by atoms with van der Waals surface area (Å²) >= 11 is 0. The third-order valence-electron chi connectivity index (χ3n) is 4.19. The van der Waals surface area contributed by atoms with Crippen LogP contribution in [0.25, 0.3) is 0 Å². The van der Waals surface area contributed by atoms with Crippen LogP contribution in [0.4, 0.5) is 0 Å². The lowest BCUT2D eigenvalue weighted by Gasteiger charge is -2.35. The number of aliphatic hydroxyl groups is 1. The van der Waals surface area contributed by atoms with Gasteiger partial charge in [-0.1, -0.05) is 33.1 Å². The smallest absolute Gasteiger partial charge is 0.0580 e. The van der Waals surface area contributed by atoms with Gasteiger partial charge in [-0.2, -0.15) is 0 Å². The molecule has 0 aromatic heterocycles. The van der Waals surface area contributed by atoms with E-state index in [4.69, 9.17) is 0 Å². The first-order chi connectivity index (χ1) is 8.17. The number of rotatable bonds is 7. The van der Waals surface area contributed by atoms with E-state index in [0.717, 1.165) is 18.9 Å². The molecule has 2 nitrogen and oxygen atoms in total. The van der Waals surface area contributed by atoms with E-state index in [2.05, 4.69) is 25.8 Å². The predicted molar refractivity (Wildman–Crippen MR) is 74.2 cm³/mol. The summed E-state index contributed by atoms with van der Waals surface area (Å²) in [7, 11) is 2.20. The summed E-state index contributed by atoms with van der Waals surface area (Å²) in [6, 6.07) is 0. The van der Waals surface area contributed by atoms with E-state index in [1.165, 1.54) is 45.1 Å². The van der Waals surface area contributed by atoms with Gasteiger partial charge in [0.05, 0.1) is 6.10 Å². The summed E-state index contributed by atoms with van der Waals surface area (Å²) in [5.41, 5.74) is 0. The number of aliphatic hydroxyl groups excluding tert-OH is 1. The van der Waals surface area contributed by atoms with Gasteiger partial charge in [0.2, 0.25) is 0 Å². The van der Waals surface area contributed by atoms with Gasteiger partial charge in [0.25, 0.3) is 0 Å². The van der Waals surface area contributed by atoms with E-state index in [-0.39, 0.29) is 6.10 Å². The lowest BCUT2D eigenvalue weighted by molar-refractivity contribution is 0.0297. The Morgan fingerprint density at radius 2 is 1.94 bits per heavy atom. The van der Waals surface area contributed by atoms with Gasteiger partial charge in [-0.3, -0.25) is 0 Å². The summed E-state index contributed by atoms with van der Waals surface area (Å²) < 4.78 is 0. The molecule has 0 radical (unpaired) electrons. The highest BCUT2D eigenvalue weighted by molar-refractivity contribution is 4.81. The number of hydrogen-bond acceptors (Lipinski definition) is 2. The average Bonchev–Trinajstić information content (AvgIpc) is 2.31. The molecule has 0 heterocycles. The third kappa shape index (κ3) is 5.39. The number of nitrogens with zero attached hydrogens (tertiary/aromatic N) is 1. The van der Waals surface area contributed by atoms with Crippen molar-refractivity contribution in [1.29, 1.82) is 0 Å². The van der Waals surface area contributed by atoms with Crippen LogP contribution >= 0.6 is 0 Å². The minimum absolute atomic E-state index is 0.0489. The highest BCUT2D eigenvalue weighted by atomic mass is 16.3. The van der Waals surface area contributed by atoms with Crippen molar-refractivity contribution in [2.75, 3.05) is 20.1 Å². The molecule has 0 amide bonds. The maximum Gasteiger partial charge on any atom is 0.0580 e. The van der Waals surface area contributed by atoms with Crippen LogP contribution in [0.5, 0.6) is 0 Å². The van der Waals surface area contributed by atoms with Crippen molar-refractivity contribution in [3.8, 4) is 0 Å². The minimum atomic E-state index is -0.0489. The molecule has 1 aliphatic carbocycles. The van der Waals surface area contributed by atoms with Crippen molar-refractivity contribution in [1.82, 2.24) is 4.90 Å². The Kier molecular flexibility index (Phi) is 7.14. The van der Waals surface area contributed by atoms with Crippen molar-refractivity contribution >= 4 is 0 Å². The van der Waals surface area contributed by atoms with Crippen molar-refractivity contribution in [3.05, 3.63) is 0 Å². The van der Waals surface area contributed by atoms with Crippen LogP contribution in [-0.4, -0.2) is 36.2 Å². The fraction of sp³-hybridized carbons (Fsp3) is 1.00. The zero-order valence-corrected chi connectivity index (χ0v) is 12.0. The first kappa shape index (κ1) is 15.0. The van der Waals surface area contributed by atoms with Gasteiger partial charge in [-0.25, -0.2) is 0 Å². The van der Waals surface area contributed by atoms with Gasteiger partial charge >= 0.3 is 0 Å². The van der Waals surface area contributed by atoms with E-state index in [0.29, 0.717) is 5.92 Å². The Balaban J connectivity index is 2.33. The van der Waals surface area contributed by atoms with Gasteiger partial charge in [-0.05, 0) is 51.1 Å². The SMILES string of the molecule is CCCCN(C)CC1CC(CCC)CCC1O. The van der Waals surface area contributed by atoms with Crippen LogP contribution in [0.15, 0.2) is 0 Å². The van der Waals surface area contributed by atoms with Crippen molar-refractivity contribution < 1.29 is 5.11 Å². The molecule has 0 bridgehead atoms. The van der Waals surface area contributed by atoms with E-state index in [9.17, 15) is 5.11 Å². The zero-order chi connectivity index (χ0) is 12.7. The molecule has 0 aliphatic heterocycles. The molecule has 1 N–H and O–H groups in total. The summed E-state index contributed by atoms with van der Waals surface area (Å²) in [5, 5.41) is 10.1. The molecule has 3 unspecified atom stereocenters. The molecule has 0 aromatic carbocycles. The van der Waals surface area contributed by atoms with E-state index < -0.39 is 0 Å². The van der Waals surface area contributed by atoms with Crippen LogP contribution in [0, 0.1) is 11.8 Å². The second kappa shape index (κ2) is 8.10. The van der Waals surface area contributed by atoms with Gasteiger partial charge in [-0.15, -0.1) is 0 Å². The molecular formula is C15H31NO. The van der Waals surface area contributed by atoms with Crippen molar-refractivity contribution in [3.63, 3.8) is 0 Å². The zero-order valence-electron chi connectivity index (χ0n) is 12.0. The lowest BCUT2D eigenvalue weighted by Crippen LogP contribution is -2.37. The van der Waals surface area contributed by atoms with E-state index in [1.807, 2.05) is 0 Å². The molecule has 102 valence electrons. The Bertz CT molecular complexity index is 195. The number of hydrogen-bond donors (Lipinski definition) is 1. The minimum Gasteiger partial charge on any atom is -0.393 e. The van der Waals surface area contributed by atoms with Crippen molar-refractivity contribution in [2.24, 2.45) is 11.8 Å². The van der Waals surface area contributed by atoms with Gasteiger partial charge in [0.15, 0.2) is 0 Å². The van der Waals surface area contributed by atoms with E-state index >= 15 is 0 Å². The van der Waals surface area contributed by atoms with Crippen LogP contribution in [0.1, 0.15) is 58.8 Å². The predicted octanol–water partition coefficient (Wildman–Crippen LogP) is 3.30. The highest BCUT2D eigenvalue weighted by Gasteiger charge is 2.29. The maximum absolute atomic E-state index is 10.1. The first-order valence-corrected chi connectivity index (χ1v) is 7.53. The van der Waals surface area contributed by atoms with Crippen molar-refractivity contribution in [2.45, 2.75) is 64.9 Å². The van der Waals surface area contributed by atoms with Crippen LogP contribution in [0.3, 0.4) is 0 Å². The van der Waals surface area contributed by atoms with Gasteiger partial charge in [0, 0.05) is 6.54 Å². The largest absolute Gasteiger partial charge is 0.393 e. The summed E-state index contributed by atoms with van der Waals surface area (Å²) in [4.78, 5) is 2.41. The third-order valence-corrected chi connectivity index (χ3v) is 4.19. The molecule has 17 heavy (non-hydrogen) atoms. The van der Waals surface area contributed by atoms with Gasteiger partial charge < -0.3 is 10.0 Å². The summed E-state index contributed by atoms with van der Waals surface area (Å²) in [5.74, 6) is 1.38. The molecule has 1 saturated carbocycles. The molecule has 0 saturated heterocycles. The number of unbranched alkanes of at least 4 members (excludes halogenated alkanes) is 1. The molecule has 1 aliphatic rings. The van der Waals surface area contributed by atoms with Crippen LogP contribution in [0.2, 0.25) is 0 Å². The Labute approximate surface area is 107 Å². The average molecular weight is 241 g/mol. The molecular weight excluding hydrogens is 210 g/mol. The fourth-order valence-electron chi connectivity index (χ4n) is 3.13. The second-order valence-electron chi connectivity index (χ2n) is 5.91. The monoisotopic (exact) mass is 241 g/mol. The quantitative estimate of drug-likeness (QED) is 0.739. The standard InChI is InChI=1S/C15H31NO/c1-4-6-10-16(3)12-14-11-13(7-5-2)8-9-15(14)17/h13-15,17H,4-12H2,1-3H3. The molecule has 0 aromatic rings. The second-order valence-corrected chi connectivity index (χ2v) is 5.91. The Morgan fingerprint density at radius 3 is 2.59 bits per heavy atom. The fourth-order valence-corrected chi connectivity index (χ4v) is 3.13. The van der Waals surface area contributed by atoms with E-state index in [1.54, 1.807) is 0 Å². The Morgan fingerprint density at radius 1 is 1.18 bits per heavy atom. The highest BCUT2D eigenvalue weighted by Crippen LogP contribution is 2.32. The topological polar surface area (TPSA) is 23.5 Å². The maximum atomic E-state index is 10.1.